The summed E-state index contributed by atoms with van der Waals surface area (Å²) in [7, 11) is 1.51. The maximum atomic E-state index is 13.0. The molecule has 5 heteroatoms. The van der Waals surface area contributed by atoms with E-state index in [9.17, 15) is 13.2 Å². The van der Waals surface area contributed by atoms with Gasteiger partial charge >= 0.3 is 6.18 Å². The molecule has 21 heavy (non-hydrogen) atoms. The van der Waals surface area contributed by atoms with Crippen LogP contribution in [0.15, 0.2) is 36.4 Å². The minimum absolute atomic E-state index is 0.371. The van der Waals surface area contributed by atoms with Crippen LogP contribution in [0.3, 0.4) is 0 Å². The van der Waals surface area contributed by atoms with Crippen LogP contribution >= 0.6 is 0 Å². The molecule has 0 aliphatic carbocycles. The van der Waals surface area contributed by atoms with Crippen molar-refractivity contribution >= 4 is 0 Å². The standard InChI is InChI=1S/C16H12F3O2/c1-20-13-4-2-3-10(8-13)14-9-12(16(17,18)19)7-11-5-6-21-15(11)14/h2-4,6-9H,5H2,1H3. The van der Waals surface area contributed by atoms with Crippen LogP contribution < -0.4 is 9.47 Å². The number of benzene rings is 2. The highest BCUT2D eigenvalue weighted by molar-refractivity contribution is 5.75. The van der Waals surface area contributed by atoms with Gasteiger partial charge in [0.1, 0.15) is 18.1 Å². The fourth-order valence-electron chi connectivity index (χ4n) is 2.36. The molecule has 0 amide bonds. The highest BCUT2D eigenvalue weighted by atomic mass is 19.4. The van der Waals surface area contributed by atoms with Gasteiger partial charge in [0.15, 0.2) is 0 Å². The molecule has 3 rings (SSSR count). The second-order valence-electron chi connectivity index (χ2n) is 4.73. The molecule has 0 unspecified atom stereocenters. The van der Waals surface area contributed by atoms with Crippen molar-refractivity contribution in [2.75, 3.05) is 7.11 Å². The summed E-state index contributed by atoms with van der Waals surface area (Å²) >= 11 is 0. The first-order valence-electron chi connectivity index (χ1n) is 6.36. The maximum absolute atomic E-state index is 13.0. The topological polar surface area (TPSA) is 18.5 Å². The molecule has 2 aromatic carbocycles. The number of hydrogen-bond acceptors (Lipinski definition) is 2. The lowest BCUT2D eigenvalue weighted by Crippen LogP contribution is -2.05. The summed E-state index contributed by atoms with van der Waals surface area (Å²) in [6, 6.07) is 9.16. The van der Waals surface area contributed by atoms with E-state index >= 15 is 0 Å². The van der Waals surface area contributed by atoms with Gasteiger partial charge in [0, 0.05) is 12.0 Å². The summed E-state index contributed by atoms with van der Waals surface area (Å²) in [4.78, 5) is 0. The average Bonchev–Trinajstić information content (AvgIpc) is 2.93. The third-order valence-corrected chi connectivity index (χ3v) is 3.38. The molecule has 1 radical (unpaired) electrons. The lowest BCUT2D eigenvalue weighted by atomic mass is 9.97. The second-order valence-corrected chi connectivity index (χ2v) is 4.73. The predicted octanol–water partition coefficient (Wildman–Crippen LogP) is 4.48. The Balaban J connectivity index is 2.19. The van der Waals surface area contributed by atoms with Crippen LogP contribution in [0.5, 0.6) is 11.5 Å². The Morgan fingerprint density at radius 3 is 2.67 bits per heavy atom. The van der Waals surface area contributed by atoms with Crippen molar-refractivity contribution < 1.29 is 22.6 Å². The molecule has 0 fully saturated rings. The quantitative estimate of drug-likeness (QED) is 0.813. The summed E-state index contributed by atoms with van der Waals surface area (Å²) in [5.74, 6) is 1.07. The normalized spacial score (nSPS) is 13.7. The molecule has 0 atom stereocenters. The molecule has 1 aliphatic rings. The molecule has 0 aromatic heterocycles. The summed E-state index contributed by atoms with van der Waals surface area (Å²) in [6.07, 6.45) is -4.01. The monoisotopic (exact) mass is 293 g/mol. The van der Waals surface area contributed by atoms with Crippen LogP contribution in [0.2, 0.25) is 0 Å². The van der Waals surface area contributed by atoms with E-state index in [-0.39, 0.29) is 0 Å². The van der Waals surface area contributed by atoms with Crippen molar-refractivity contribution in [2.45, 2.75) is 12.6 Å². The Hall–Kier alpha value is -2.17. The smallest absolute Gasteiger partial charge is 0.416 e. The second kappa shape index (κ2) is 4.98. The number of hydrogen-bond donors (Lipinski definition) is 0. The molecule has 0 saturated carbocycles. The van der Waals surface area contributed by atoms with Gasteiger partial charge in [-0.3, -0.25) is 0 Å². The minimum atomic E-state index is -4.38. The van der Waals surface area contributed by atoms with E-state index in [2.05, 4.69) is 0 Å². The minimum Gasteiger partial charge on any atom is -0.497 e. The van der Waals surface area contributed by atoms with E-state index in [0.29, 0.717) is 34.6 Å². The van der Waals surface area contributed by atoms with Crippen LogP contribution in [0, 0.1) is 6.61 Å². The van der Waals surface area contributed by atoms with E-state index in [0.717, 1.165) is 12.1 Å². The number of fused-ring (bicyclic) bond motifs is 1. The SMILES string of the molecule is COc1cccc(-c2cc(C(F)(F)F)cc3c2O[CH]C3)c1. The number of alkyl halides is 3. The van der Waals surface area contributed by atoms with Crippen LogP contribution in [0.1, 0.15) is 11.1 Å². The largest absolute Gasteiger partial charge is 0.497 e. The average molecular weight is 293 g/mol. The number of rotatable bonds is 2. The van der Waals surface area contributed by atoms with Gasteiger partial charge in [0.2, 0.25) is 0 Å². The third-order valence-electron chi connectivity index (χ3n) is 3.38. The van der Waals surface area contributed by atoms with Gasteiger partial charge in [-0.05, 0) is 35.4 Å². The van der Waals surface area contributed by atoms with Gasteiger partial charge in [0.05, 0.1) is 12.7 Å². The van der Waals surface area contributed by atoms with Crippen molar-refractivity contribution in [1.82, 2.24) is 0 Å². The molecule has 0 spiro atoms. The number of halogens is 3. The zero-order valence-electron chi connectivity index (χ0n) is 11.2. The number of methoxy groups -OCH3 is 1. The van der Waals surface area contributed by atoms with Crippen molar-refractivity contribution in [3.63, 3.8) is 0 Å². The van der Waals surface area contributed by atoms with Gasteiger partial charge in [-0.2, -0.15) is 13.2 Å². The molecule has 0 saturated heterocycles. The predicted molar refractivity (Wildman–Crippen MR) is 72.1 cm³/mol. The molecule has 1 heterocycles. The van der Waals surface area contributed by atoms with Crippen LogP contribution in [0.4, 0.5) is 13.2 Å². The lowest BCUT2D eigenvalue weighted by molar-refractivity contribution is -0.137. The van der Waals surface area contributed by atoms with Gasteiger partial charge in [0.25, 0.3) is 0 Å². The van der Waals surface area contributed by atoms with Gasteiger partial charge < -0.3 is 9.47 Å². The fraction of sp³-hybridized carbons (Fsp3) is 0.188. The summed E-state index contributed by atoms with van der Waals surface area (Å²) in [5, 5.41) is 0. The van der Waals surface area contributed by atoms with Gasteiger partial charge in [-0.25, -0.2) is 0 Å². The Kier molecular flexibility index (Phi) is 3.27. The van der Waals surface area contributed by atoms with Crippen LogP contribution in [-0.2, 0) is 12.6 Å². The first-order valence-corrected chi connectivity index (χ1v) is 6.36. The highest BCUT2D eigenvalue weighted by Gasteiger charge is 2.33. The van der Waals surface area contributed by atoms with Gasteiger partial charge in [-0.15, -0.1) is 0 Å². The zero-order valence-corrected chi connectivity index (χ0v) is 11.2. The molecule has 0 bridgehead atoms. The van der Waals surface area contributed by atoms with Crippen LogP contribution in [0.25, 0.3) is 11.1 Å². The van der Waals surface area contributed by atoms with Crippen molar-refractivity contribution in [1.29, 1.82) is 0 Å². The van der Waals surface area contributed by atoms with E-state index in [1.165, 1.54) is 13.7 Å². The summed E-state index contributed by atoms with van der Waals surface area (Å²) in [5.41, 5.74) is 0.931. The highest BCUT2D eigenvalue weighted by Crippen LogP contribution is 2.43. The molecule has 2 aromatic rings. The van der Waals surface area contributed by atoms with Crippen molar-refractivity contribution in [3.05, 3.63) is 54.1 Å². The van der Waals surface area contributed by atoms with Crippen molar-refractivity contribution in [3.8, 4) is 22.6 Å². The molecular weight excluding hydrogens is 281 g/mol. The fourth-order valence-corrected chi connectivity index (χ4v) is 2.36. The maximum Gasteiger partial charge on any atom is 0.416 e. The Labute approximate surface area is 120 Å². The zero-order chi connectivity index (χ0) is 15.0. The van der Waals surface area contributed by atoms with E-state index in [1.54, 1.807) is 24.3 Å². The first-order chi connectivity index (χ1) is 9.99. The number of ether oxygens (including phenoxy) is 2. The summed E-state index contributed by atoms with van der Waals surface area (Å²) < 4.78 is 49.6. The first kappa shape index (κ1) is 13.8. The van der Waals surface area contributed by atoms with Crippen molar-refractivity contribution in [2.24, 2.45) is 0 Å². The molecule has 1 aliphatic heterocycles. The third kappa shape index (κ3) is 2.55. The van der Waals surface area contributed by atoms with E-state index in [4.69, 9.17) is 9.47 Å². The lowest BCUT2D eigenvalue weighted by Gasteiger charge is -2.14. The molecule has 2 nitrogen and oxygen atoms in total. The molecule has 109 valence electrons. The summed E-state index contributed by atoms with van der Waals surface area (Å²) in [6.45, 7) is 1.51. The van der Waals surface area contributed by atoms with E-state index < -0.39 is 11.7 Å². The molecule has 0 N–H and O–H groups in total. The van der Waals surface area contributed by atoms with Crippen LogP contribution in [-0.4, -0.2) is 7.11 Å². The van der Waals surface area contributed by atoms with E-state index in [1.807, 2.05) is 0 Å². The van der Waals surface area contributed by atoms with Gasteiger partial charge in [-0.1, -0.05) is 12.1 Å². The Bertz CT molecular complexity index is 678. The Morgan fingerprint density at radius 2 is 1.95 bits per heavy atom. The Morgan fingerprint density at radius 1 is 1.14 bits per heavy atom. The molecular formula is C16H12F3O2.